The number of nitrogens with zero attached hydrogens (tertiary/aromatic N) is 2. The normalized spacial score (nSPS) is 18.4. The smallest absolute Gasteiger partial charge is 0.332 e. The third kappa shape index (κ3) is 6.99. The number of nitrogens with one attached hydrogen (secondary N) is 1. The summed E-state index contributed by atoms with van der Waals surface area (Å²) in [5.41, 5.74) is 4.69. The fourth-order valence-corrected chi connectivity index (χ4v) is 6.77. The van der Waals surface area contributed by atoms with Gasteiger partial charge in [0.1, 0.15) is 17.2 Å². The van der Waals surface area contributed by atoms with Crippen molar-refractivity contribution in [3.8, 4) is 11.1 Å². The van der Waals surface area contributed by atoms with Crippen LogP contribution in [0.15, 0.2) is 91.0 Å². The minimum atomic E-state index is -1.17. The highest BCUT2D eigenvalue weighted by Crippen LogP contribution is 2.35. The molecule has 1 aliphatic carbocycles. The van der Waals surface area contributed by atoms with Gasteiger partial charge in [0.25, 0.3) is 0 Å². The van der Waals surface area contributed by atoms with E-state index in [-0.39, 0.29) is 36.7 Å². The molecule has 1 atom stereocenters. The Kier molecular flexibility index (Phi) is 9.49. The Hall–Kier alpha value is -4.11. The molecule has 0 spiro atoms. The molecule has 1 aliphatic heterocycles. The summed E-state index contributed by atoms with van der Waals surface area (Å²) in [6.07, 6.45) is 0.706. The Bertz CT molecular complexity index is 1650. The molecule has 0 aromatic heterocycles. The fraction of sp³-hybridized carbons (Fsp3) is 0.297. The van der Waals surface area contributed by atoms with Crippen LogP contribution in [0.2, 0.25) is 5.02 Å². The SMILES string of the molecule is CCOC(=O)C1(NC(=O)CN2CCN(C(c3ccc(F)cc3)c3ccc(F)cc3)CC2)Cc2ccc(-c3ccc(Cl)cc3)cc2C1. The number of ether oxygens (including phenoxy) is 1. The molecule has 1 saturated heterocycles. The van der Waals surface area contributed by atoms with Crippen LogP contribution in [0.3, 0.4) is 0 Å². The average molecular weight is 644 g/mol. The highest BCUT2D eigenvalue weighted by Gasteiger charge is 2.46. The zero-order valence-corrected chi connectivity index (χ0v) is 26.4. The third-order valence-electron chi connectivity index (χ3n) is 8.92. The van der Waals surface area contributed by atoms with Gasteiger partial charge in [-0.1, -0.05) is 66.2 Å². The molecule has 0 bridgehead atoms. The van der Waals surface area contributed by atoms with Crippen LogP contribution < -0.4 is 5.32 Å². The van der Waals surface area contributed by atoms with E-state index in [1.165, 1.54) is 24.3 Å². The second-order valence-corrected chi connectivity index (χ2v) is 12.4. The van der Waals surface area contributed by atoms with Crippen LogP contribution >= 0.6 is 11.6 Å². The quantitative estimate of drug-likeness (QED) is 0.220. The number of benzene rings is 4. The molecule has 2 aliphatic rings. The molecular formula is C37H36ClF2N3O3. The average Bonchev–Trinajstić information content (AvgIpc) is 3.42. The van der Waals surface area contributed by atoms with E-state index in [1.807, 2.05) is 36.4 Å². The van der Waals surface area contributed by atoms with Crippen LogP contribution in [-0.4, -0.2) is 66.5 Å². The predicted molar refractivity (Wildman–Crippen MR) is 174 cm³/mol. The minimum absolute atomic E-state index is 0.138. The van der Waals surface area contributed by atoms with Gasteiger partial charge in [-0.3, -0.25) is 14.6 Å². The largest absolute Gasteiger partial charge is 0.464 e. The molecule has 6 nitrogen and oxygen atoms in total. The highest BCUT2D eigenvalue weighted by atomic mass is 35.5. The number of carbonyl (C=O) groups excluding carboxylic acids is 2. The van der Waals surface area contributed by atoms with Crippen molar-refractivity contribution in [3.63, 3.8) is 0 Å². The summed E-state index contributed by atoms with van der Waals surface area (Å²) in [4.78, 5) is 31.2. The first kappa shape index (κ1) is 31.9. The highest BCUT2D eigenvalue weighted by molar-refractivity contribution is 6.30. The minimum Gasteiger partial charge on any atom is -0.464 e. The van der Waals surface area contributed by atoms with E-state index in [4.69, 9.17) is 16.3 Å². The Labute approximate surface area is 272 Å². The van der Waals surface area contributed by atoms with E-state index in [0.717, 1.165) is 33.4 Å². The summed E-state index contributed by atoms with van der Waals surface area (Å²) in [6.45, 7) is 4.64. The number of halogens is 3. The molecule has 238 valence electrons. The van der Waals surface area contributed by atoms with Crippen LogP contribution in [-0.2, 0) is 27.2 Å². The van der Waals surface area contributed by atoms with E-state index in [0.29, 0.717) is 44.0 Å². The first-order valence-electron chi connectivity index (χ1n) is 15.6. The van der Waals surface area contributed by atoms with Gasteiger partial charge in [-0.15, -0.1) is 0 Å². The van der Waals surface area contributed by atoms with Crippen molar-refractivity contribution < 1.29 is 23.1 Å². The van der Waals surface area contributed by atoms with E-state index < -0.39 is 11.5 Å². The van der Waals surface area contributed by atoms with Gasteiger partial charge in [0.2, 0.25) is 5.91 Å². The molecule has 4 aromatic rings. The van der Waals surface area contributed by atoms with Gasteiger partial charge in [0.15, 0.2) is 0 Å². The molecule has 6 rings (SSSR count). The molecule has 46 heavy (non-hydrogen) atoms. The number of esters is 1. The first-order chi connectivity index (χ1) is 22.2. The third-order valence-corrected chi connectivity index (χ3v) is 9.18. The summed E-state index contributed by atoms with van der Waals surface area (Å²) in [7, 11) is 0. The number of amides is 1. The number of hydrogen-bond donors (Lipinski definition) is 1. The molecule has 1 amide bonds. The molecule has 1 N–H and O–H groups in total. The van der Waals surface area contributed by atoms with Crippen molar-refractivity contribution in [2.24, 2.45) is 0 Å². The maximum absolute atomic E-state index is 13.7. The van der Waals surface area contributed by atoms with Crippen LogP contribution in [0.25, 0.3) is 11.1 Å². The van der Waals surface area contributed by atoms with Crippen LogP contribution in [0.1, 0.15) is 35.2 Å². The van der Waals surface area contributed by atoms with E-state index in [9.17, 15) is 18.4 Å². The molecule has 9 heteroatoms. The number of fused-ring (bicyclic) bond motifs is 1. The Balaban J connectivity index is 1.13. The zero-order chi connectivity index (χ0) is 32.3. The Morgan fingerprint density at radius 2 is 1.37 bits per heavy atom. The molecule has 0 saturated carbocycles. The molecule has 0 radical (unpaired) electrons. The monoisotopic (exact) mass is 643 g/mol. The topological polar surface area (TPSA) is 61.9 Å². The van der Waals surface area contributed by atoms with Crippen LogP contribution in [0.5, 0.6) is 0 Å². The number of piperazine rings is 1. The summed E-state index contributed by atoms with van der Waals surface area (Å²) in [6, 6.07) is 26.3. The van der Waals surface area contributed by atoms with E-state index >= 15 is 0 Å². The molecule has 1 heterocycles. The van der Waals surface area contributed by atoms with Crippen LogP contribution in [0.4, 0.5) is 8.78 Å². The van der Waals surface area contributed by atoms with Gasteiger partial charge in [0.05, 0.1) is 19.2 Å². The Morgan fingerprint density at radius 1 is 0.804 bits per heavy atom. The standard InChI is InChI=1S/C37H36ClF2N3O3/c1-2-46-36(45)37(22-29-4-3-28(21-30(29)23-37)25-5-11-31(38)12-6-25)41-34(44)24-42-17-19-43(20-18-42)35(26-7-13-32(39)14-8-26)27-9-15-33(40)16-10-27/h3-16,21,35H,2,17-20,22-24H2,1H3,(H,41,44). The molecule has 1 fully saturated rings. The predicted octanol–water partition coefficient (Wildman–Crippen LogP) is 6.21. The lowest BCUT2D eigenvalue weighted by Crippen LogP contribution is -2.59. The summed E-state index contributed by atoms with van der Waals surface area (Å²) in [5.74, 6) is -1.30. The van der Waals surface area contributed by atoms with E-state index in [1.54, 1.807) is 31.2 Å². The molecule has 4 aromatic carbocycles. The number of hydrogen-bond acceptors (Lipinski definition) is 5. The summed E-state index contributed by atoms with van der Waals surface area (Å²) >= 11 is 6.07. The maximum Gasteiger partial charge on any atom is 0.332 e. The van der Waals surface area contributed by atoms with Gasteiger partial charge < -0.3 is 10.1 Å². The van der Waals surface area contributed by atoms with Gasteiger partial charge in [-0.25, -0.2) is 13.6 Å². The second kappa shape index (κ2) is 13.7. The number of carbonyl (C=O) groups is 2. The van der Waals surface area contributed by atoms with Crippen molar-refractivity contribution in [2.75, 3.05) is 39.3 Å². The van der Waals surface area contributed by atoms with Crippen molar-refractivity contribution in [2.45, 2.75) is 31.3 Å². The lowest BCUT2D eigenvalue weighted by Gasteiger charge is -2.40. The lowest BCUT2D eigenvalue weighted by atomic mass is 9.95. The first-order valence-corrected chi connectivity index (χ1v) is 15.9. The Morgan fingerprint density at radius 3 is 1.96 bits per heavy atom. The van der Waals surface area contributed by atoms with Crippen molar-refractivity contribution in [1.82, 2.24) is 15.1 Å². The fourth-order valence-electron chi connectivity index (χ4n) is 6.64. The second-order valence-electron chi connectivity index (χ2n) is 12.0. The molecular weight excluding hydrogens is 608 g/mol. The van der Waals surface area contributed by atoms with Gasteiger partial charge in [-0.05, 0) is 76.7 Å². The van der Waals surface area contributed by atoms with E-state index in [2.05, 4.69) is 21.2 Å². The molecule has 1 unspecified atom stereocenters. The summed E-state index contributed by atoms with van der Waals surface area (Å²) in [5, 5.41) is 3.74. The van der Waals surface area contributed by atoms with Gasteiger partial charge >= 0.3 is 5.97 Å². The number of rotatable bonds is 9. The van der Waals surface area contributed by atoms with Gasteiger partial charge in [-0.2, -0.15) is 0 Å². The zero-order valence-electron chi connectivity index (χ0n) is 25.6. The van der Waals surface area contributed by atoms with Gasteiger partial charge in [0, 0.05) is 44.0 Å². The van der Waals surface area contributed by atoms with Crippen molar-refractivity contribution in [1.29, 1.82) is 0 Å². The van der Waals surface area contributed by atoms with Crippen molar-refractivity contribution in [3.05, 3.63) is 130 Å². The maximum atomic E-state index is 13.7. The lowest BCUT2D eigenvalue weighted by molar-refractivity contribution is -0.153. The van der Waals surface area contributed by atoms with Crippen LogP contribution in [0, 0.1) is 11.6 Å². The van der Waals surface area contributed by atoms with Crippen molar-refractivity contribution >= 4 is 23.5 Å². The summed E-state index contributed by atoms with van der Waals surface area (Å²) < 4.78 is 32.9.